The van der Waals surface area contributed by atoms with E-state index < -0.39 is 17.3 Å². The van der Waals surface area contributed by atoms with Crippen LogP contribution in [0, 0.1) is 60.2 Å². The van der Waals surface area contributed by atoms with E-state index in [2.05, 4.69) is 98.4 Å². The molecule has 0 aliphatic heterocycles. The van der Waals surface area contributed by atoms with Crippen molar-refractivity contribution in [3.05, 3.63) is 70.8 Å². The van der Waals surface area contributed by atoms with Gasteiger partial charge in [0.2, 0.25) is 0 Å². The Labute approximate surface area is 320 Å². The van der Waals surface area contributed by atoms with Crippen LogP contribution in [0.2, 0.25) is 0 Å². The Morgan fingerprint density at radius 3 is 2.30 bits per heavy atom. The summed E-state index contributed by atoms with van der Waals surface area (Å²) in [6.45, 7) is 23.6. The molecule has 4 aliphatic rings. The number of carbonyl (C=O) groups excluding carboxylic acids is 3. The molecule has 4 aliphatic carbocycles. The van der Waals surface area contributed by atoms with E-state index >= 15 is 0 Å². The van der Waals surface area contributed by atoms with Crippen molar-refractivity contribution in [2.24, 2.45) is 46.3 Å². The Kier molecular flexibility index (Phi) is 11.5. The standard InChI is InChI=1S/C49H66O4/c1-29(2)19-36-16-17-37(22-36)38-23-41-33(6)31(4)15-18-40(41)46(24-38)53-39-25-42(45(51)28-49(34(7)50)27-32(49)5)43(26-39)47(52)44(48(8,9)10)21-30(3)20-35-13-11-12-14-35/h15,17-18,22-24,29,32,35,39,42-44H,3,11-14,16,19-21,25-28H2,1-2,4-10H3. The molecule has 0 aromatic heterocycles. The van der Waals surface area contributed by atoms with E-state index in [0.717, 1.165) is 42.4 Å². The van der Waals surface area contributed by atoms with Gasteiger partial charge in [-0.25, -0.2) is 0 Å². The number of carbonyl (C=O) groups is 3. The second-order valence-electron chi connectivity index (χ2n) is 19.4. The molecule has 0 spiro atoms. The van der Waals surface area contributed by atoms with Gasteiger partial charge in [-0.15, -0.1) is 0 Å². The van der Waals surface area contributed by atoms with E-state index in [4.69, 9.17) is 4.74 Å². The molecule has 286 valence electrons. The van der Waals surface area contributed by atoms with Crippen LogP contribution in [0.15, 0.2) is 54.1 Å². The maximum absolute atomic E-state index is 15.0. The minimum absolute atomic E-state index is 0.0652. The molecule has 3 saturated carbocycles. The monoisotopic (exact) mass is 718 g/mol. The Balaban J connectivity index is 1.32. The number of hydrogen-bond donors (Lipinski definition) is 0. The normalized spacial score (nSPS) is 26.5. The molecule has 0 bridgehead atoms. The van der Waals surface area contributed by atoms with Crippen LogP contribution in [-0.4, -0.2) is 23.5 Å². The second kappa shape index (κ2) is 15.5. The van der Waals surface area contributed by atoms with E-state index in [9.17, 15) is 14.4 Å². The summed E-state index contributed by atoms with van der Waals surface area (Å²) in [5.41, 5.74) is 6.66. The molecule has 2 aromatic carbocycles. The maximum atomic E-state index is 15.0. The van der Waals surface area contributed by atoms with Crippen molar-refractivity contribution in [3.8, 4) is 5.75 Å². The number of aryl methyl sites for hydroxylation is 2. The van der Waals surface area contributed by atoms with E-state index in [1.807, 2.05) is 0 Å². The summed E-state index contributed by atoms with van der Waals surface area (Å²) in [6, 6.07) is 8.82. The average molecular weight is 719 g/mol. The lowest BCUT2D eigenvalue weighted by atomic mass is 9.69. The third kappa shape index (κ3) is 8.52. The largest absolute Gasteiger partial charge is 0.490 e. The minimum Gasteiger partial charge on any atom is -0.490 e. The summed E-state index contributed by atoms with van der Waals surface area (Å²) in [4.78, 5) is 42.2. The quantitative estimate of drug-likeness (QED) is 0.172. The molecule has 3 fully saturated rings. The molecule has 6 rings (SSSR count). The predicted octanol–water partition coefficient (Wildman–Crippen LogP) is 12.3. The average Bonchev–Trinajstić information content (AvgIpc) is 3.56. The van der Waals surface area contributed by atoms with Gasteiger partial charge in [0.25, 0.3) is 0 Å². The van der Waals surface area contributed by atoms with Crippen molar-refractivity contribution >= 4 is 33.7 Å². The third-order valence-corrected chi connectivity index (χ3v) is 13.8. The highest BCUT2D eigenvalue weighted by molar-refractivity contribution is 5.97. The van der Waals surface area contributed by atoms with E-state index in [1.165, 1.54) is 58.9 Å². The van der Waals surface area contributed by atoms with Crippen molar-refractivity contribution in [3.63, 3.8) is 0 Å². The van der Waals surface area contributed by atoms with Gasteiger partial charge in [-0.3, -0.25) is 14.4 Å². The Hall–Kier alpha value is -3.27. The lowest BCUT2D eigenvalue weighted by Crippen LogP contribution is -2.37. The van der Waals surface area contributed by atoms with Crippen molar-refractivity contribution < 1.29 is 19.1 Å². The van der Waals surface area contributed by atoms with Gasteiger partial charge in [0, 0.05) is 35.0 Å². The van der Waals surface area contributed by atoms with Crippen LogP contribution >= 0.6 is 0 Å². The fourth-order valence-corrected chi connectivity index (χ4v) is 10.2. The Morgan fingerprint density at radius 2 is 1.68 bits per heavy atom. The number of benzene rings is 2. The van der Waals surface area contributed by atoms with Crippen molar-refractivity contribution in [2.75, 3.05) is 0 Å². The highest BCUT2D eigenvalue weighted by Gasteiger charge is 2.58. The zero-order valence-corrected chi connectivity index (χ0v) is 34.3. The first-order valence-corrected chi connectivity index (χ1v) is 20.8. The van der Waals surface area contributed by atoms with E-state index in [0.29, 0.717) is 31.1 Å². The van der Waals surface area contributed by atoms with Crippen molar-refractivity contribution in [1.29, 1.82) is 0 Å². The molecule has 6 unspecified atom stereocenters. The molecule has 6 atom stereocenters. The van der Waals surface area contributed by atoms with Gasteiger partial charge in [-0.1, -0.05) is 109 Å². The van der Waals surface area contributed by atoms with Crippen LogP contribution in [0.4, 0.5) is 0 Å². The fraction of sp³-hybridized carbons (Fsp3) is 0.612. The summed E-state index contributed by atoms with van der Waals surface area (Å²) in [5, 5.41) is 2.25. The lowest BCUT2D eigenvalue weighted by molar-refractivity contribution is -0.137. The van der Waals surface area contributed by atoms with Crippen LogP contribution in [0.1, 0.15) is 142 Å². The molecule has 0 N–H and O–H groups in total. The summed E-state index contributed by atoms with van der Waals surface area (Å²) in [5.74, 6) is 1.54. The predicted molar refractivity (Wildman–Crippen MR) is 219 cm³/mol. The number of allylic oxidation sites excluding steroid dienone is 5. The summed E-state index contributed by atoms with van der Waals surface area (Å²) >= 11 is 0. The number of rotatable bonds is 15. The first kappa shape index (κ1) is 39.4. The van der Waals surface area contributed by atoms with Gasteiger partial charge in [0.15, 0.2) is 0 Å². The first-order chi connectivity index (χ1) is 25.0. The number of ether oxygens (including phenoxy) is 1. The van der Waals surface area contributed by atoms with E-state index in [1.54, 1.807) is 6.92 Å². The smallest absolute Gasteiger partial charge is 0.140 e. The van der Waals surface area contributed by atoms with Gasteiger partial charge in [-0.05, 0) is 129 Å². The van der Waals surface area contributed by atoms with Gasteiger partial charge in [0.05, 0.1) is 0 Å². The molecule has 4 heteroatoms. The molecule has 4 nitrogen and oxygen atoms in total. The van der Waals surface area contributed by atoms with Crippen LogP contribution < -0.4 is 4.74 Å². The topological polar surface area (TPSA) is 60.4 Å². The minimum atomic E-state index is -0.570. The zero-order chi connectivity index (χ0) is 38.4. The van der Waals surface area contributed by atoms with Crippen molar-refractivity contribution in [2.45, 2.75) is 145 Å². The van der Waals surface area contributed by atoms with Crippen molar-refractivity contribution in [1.82, 2.24) is 0 Å². The van der Waals surface area contributed by atoms with Crippen LogP contribution in [0.25, 0.3) is 16.3 Å². The molecule has 0 radical (unpaired) electrons. The molecule has 53 heavy (non-hydrogen) atoms. The summed E-state index contributed by atoms with van der Waals surface area (Å²) < 4.78 is 7.05. The maximum Gasteiger partial charge on any atom is 0.140 e. The SMILES string of the molecule is C=C(CC1CCCC1)CC(C(=O)C1CC(Oc2cc(C3=CCC(CC(C)C)=C3)cc3c(C)c(C)ccc23)CC1C(=O)CC1(C(C)=O)CC1C)C(C)(C)C. The molecular formula is C49H66O4. The van der Waals surface area contributed by atoms with Crippen LogP contribution in [0.5, 0.6) is 5.75 Å². The Morgan fingerprint density at radius 1 is 1.00 bits per heavy atom. The molecular weight excluding hydrogens is 653 g/mol. The third-order valence-electron chi connectivity index (χ3n) is 13.8. The fourth-order valence-electron chi connectivity index (χ4n) is 10.2. The highest BCUT2D eigenvalue weighted by Crippen LogP contribution is 2.57. The van der Waals surface area contributed by atoms with Gasteiger partial charge >= 0.3 is 0 Å². The number of Topliss-reactive ketones (excluding diaryl/α,β-unsaturated/α-hetero) is 3. The Bertz CT molecular complexity index is 1820. The second-order valence-corrected chi connectivity index (χ2v) is 19.4. The van der Waals surface area contributed by atoms with Gasteiger partial charge < -0.3 is 4.74 Å². The molecule has 0 amide bonds. The molecule has 0 saturated heterocycles. The number of ketones is 3. The highest BCUT2D eigenvalue weighted by atomic mass is 16.5. The van der Waals surface area contributed by atoms with Crippen LogP contribution in [-0.2, 0) is 14.4 Å². The zero-order valence-electron chi connectivity index (χ0n) is 34.3. The van der Waals surface area contributed by atoms with Gasteiger partial charge in [0.1, 0.15) is 29.2 Å². The van der Waals surface area contributed by atoms with Crippen LogP contribution in [0.3, 0.4) is 0 Å². The van der Waals surface area contributed by atoms with E-state index in [-0.39, 0.29) is 47.1 Å². The summed E-state index contributed by atoms with van der Waals surface area (Å²) in [6.07, 6.45) is 15.2. The number of fused-ring (bicyclic) bond motifs is 1. The number of hydrogen-bond acceptors (Lipinski definition) is 4. The lowest BCUT2D eigenvalue weighted by Gasteiger charge is -2.34. The molecule has 2 aromatic rings. The summed E-state index contributed by atoms with van der Waals surface area (Å²) in [7, 11) is 0. The first-order valence-electron chi connectivity index (χ1n) is 20.8. The molecule has 0 heterocycles. The van der Waals surface area contributed by atoms with Gasteiger partial charge in [-0.2, -0.15) is 0 Å².